The van der Waals surface area contributed by atoms with E-state index in [2.05, 4.69) is 29.9 Å². The molecule has 1 aromatic carbocycles. The first-order valence-electron chi connectivity index (χ1n) is 8.45. The highest BCUT2D eigenvalue weighted by Gasteiger charge is 2.24. The largest absolute Gasteiger partial charge is 0.503 e. The van der Waals surface area contributed by atoms with Crippen LogP contribution in [0.4, 0.5) is 0 Å². The Bertz CT molecular complexity index is 879. The average molecular weight is 388 g/mol. The van der Waals surface area contributed by atoms with E-state index in [0.29, 0.717) is 28.1 Å². The van der Waals surface area contributed by atoms with E-state index in [4.69, 9.17) is 9.47 Å². The topological polar surface area (TPSA) is 81.5 Å². The Hall–Kier alpha value is -2.54. The first-order chi connectivity index (χ1) is 12.8. The molecule has 0 amide bonds. The summed E-state index contributed by atoms with van der Waals surface area (Å²) in [5.41, 5.74) is 2.43. The molecule has 7 heteroatoms. The number of benzene rings is 1. The van der Waals surface area contributed by atoms with Crippen LogP contribution in [0.2, 0.25) is 0 Å². The van der Waals surface area contributed by atoms with Crippen LogP contribution in [-0.4, -0.2) is 34.4 Å². The third-order valence-electron chi connectivity index (χ3n) is 3.84. The summed E-state index contributed by atoms with van der Waals surface area (Å²) in [5, 5.41) is 10.1. The molecule has 0 bridgehead atoms. The maximum Gasteiger partial charge on any atom is 0.339 e. The van der Waals surface area contributed by atoms with E-state index in [1.807, 2.05) is 25.3 Å². The fraction of sp³-hybridized carbons (Fsp3) is 0.350. The van der Waals surface area contributed by atoms with Gasteiger partial charge in [-0.15, -0.1) is 11.8 Å². The van der Waals surface area contributed by atoms with Gasteiger partial charge < -0.3 is 14.6 Å². The van der Waals surface area contributed by atoms with Crippen molar-refractivity contribution in [2.24, 2.45) is 0 Å². The van der Waals surface area contributed by atoms with E-state index >= 15 is 0 Å². The Labute approximate surface area is 163 Å². The molecule has 0 aliphatic heterocycles. The van der Waals surface area contributed by atoms with Crippen molar-refractivity contribution in [3.63, 3.8) is 0 Å². The lowest BCUT2D eigenvalue weighted by Gasteiger charge is -2.16. The SMILES string of the molecule is COC=C(C(=O)O)c1c(Oc2cc(C)cc(C(C)C)c2)nc(C)nc1SC. The lowest BCUT2D eigenvalue weighted by Crippen LogP contribution is -2.08. The molecule has 0 atom stereocenters. The molecule has 2 aromatic rings. The predicted octanol–water partition coefficient (Wildman–Crippen LogP) is 4.80. The van der Waals surface area contributed by atoms with Crippen molar-refractivity contribution in [3.8, 4) is 11.6 Å². The van der Waals surface area contributed by atoms with Crippen LogP contribution >= 0.6 is 11.8 Å². The van der Waals surface area contributed by atoms with Gasteiger partial charge in [0, 0.05) is 0 Å². The summed E-state index contributed by atoms with van der Waals surface area (Å²) in [6, 6.07) is 5.94. The van der Waals surface area contributed by atoms with Crippen LogP contribution in [0.3, 0.4) is 0 Å². The number of rotatable bonds is 7. The summed E-state index contributed by atoms with van der Waals surface area (Å²) in [6.07, 6.45) is 2.99. The molecule has 1 heterocycles. The van der Waals surface area contributed by atoms with E-state index in [0.717, 1.165) is 11.1 Å². The highest BCUT2D eigenvalue weighted by molar-refractivity contribution is 7.98. The van der Waals surface area contributed by atoms with Crippen LogP contribution in [0, 0.1) is 13.8 Å². The number of ether oxygens (including phenoxy) is 2. The zero-order valence-electron chi connectivity index (χ0n) is 16.4. The molecule has 144 valence electrons. The standard InChI is InChI=1S/C20H24N2O4S/c1-11(2)14-7-12(3)8-15(9-14)26-18-17(16(10-25-5)20(23)24)19(27-6)22-13(4)21-18/h7-11H,1-6H3,(H,23,24). The molecule has 0 fully saturated rings. The first-order valence-corrected chi connectivity index (χ1v) is 9.68. The molecule has 6 nitrogen and oxygen atoms in total. The van der Waals surface area contributed by atoms with Gasteiger partial charge in [-0.25, -0.2) is 9.78 Å². The normalized spacial score (nSPS) is 11.6. The number of carbonyl (C=O) groups is 1. The molecular weight excluding hydrogens is 364 g/mol. The van der Waals surface area contributed by atoms with Crippen molar-refractivity contribution >= 4 is 23.3 Å². The van der Waals surface area contributed by atoms with E-state index in [9.17, 15) is 9.90 Å². The number of hydrogen-bond donors (Lipinski definition) is 1. The van der Waals surface area contributed by atoms with Crippen molar-refractivity contribution < 1.29 is 19.4 Å². The number of methoxy groups -OCH3 is 1. The Balaban J connectivity index is 2.65. The van der Waals surface area contributed by atoms with Gasteiger partial charge in [-0.3, -0.25) is 0 Å². The summed E-state index contributed by atoms with van der Waals surface area (Å²) in [5.74, 6) is 0.488. The first kappa shape index (κ1) is 20.8. The highest BCUT2D eigenvalue weighted by atomic mass is 32.2. The quantitative estimate of drug-likeness (QED) is 0.316. The van der Waals surface area contributed by atoms with Gasteiger partial charge >= 0.3 is 5.97 Å². The second-order valence-corrected chi connectivity index (χ2v) is 7.16. The van der Waals surface area contributed by atoms with Crippen molar-refractivity contribution in [3.05, 3.63) is 47.0 Å². The number of nitrogens with zero attached hydrogens (tertiary/aromatic N) is 2. The third-order valence-corrected chi connectivity index (χ3v) is 4.52. The van der Waals surface area contributed by atoms with Crippen LogP contribution in [0.15, 0.2) is 29.5 Å². The number of carboxylic acid groups (broad SMARTS) is 1. The van der Waals surface area contributed by atoms with Gasteiger partial charge in [-0.2, -0.15) is 4.98 Å². The maximum atomic E-state index is 11.8. The lowest BCUT2D eigenvalue weighted by atomic mass is 10.0. The minimum absolute atomic E-state index is 0.0615. The molecule has 0 saturated heterocycles. The molecule has 0 aliphatic carbocycles. The molecular formula is C20H24N2O4S. The van der Waals surface area contributed by atoms with Gasteiger partial charge in [-0.1, -0.05) is 19.9 Å². The van der Waals surface area contributed by atoms with Crippen LogP contribution in [0.1, 0.15) is 42.3 Å². The number of thioether (sulfide) groups is 1. The molecule has 1 N–H and O–H groups in total. The van der Waals surface area contributed by atoms with Crippen LogP contribution in [0.5, 0.6) is 11.6 Å². The number of hydrogen-bond acceptors (Lipinski definition) is 6. The fourth-order valence-corrected chi connectivity index (χ4v) is 3.21. The smallest absolute Gasteiger partial charge is 0.339 e. The maximum absolute atomic E-state index is 11.8. The molecule has 0 unspecified atom stereocenters. The fourth-order valence-electron chi connectivity index (χ4n) is 2.59. The van der Waals surface area contributed by atoms with Crippen LogP contribution in [-0.2, 0) is 9.53 Å². The predicted molar refractivity (Wildman–Crippen MR) is 107 cm³/mol. The lowest BCUT2D eigenvalue weighted by molar-refractivity contribution is -0.130. The summed E-state index contributed by atoms with van der Waals surface area (Å²) in [4.78, 5) is 20.5. The Morgan fingerprint density at radius 3 is 2.48 bits per heavy atom. The van der Waals surface area contributed by atoms with Crippen LogP contribution < -0.4 is 4.74 Å². The summed E-state index contributed by atoms with van der Waals surface area (Å²) in [6.45, 7) is 7.95. The summed E-state index contributed by atoms with van der Waals surface area (Å²) in [7, 11) is 1.40. The molecule has 27 heavy (non-hydrogen) atoms. The van der Waals surface area contributed by atoms with Crippen molar-refractivity contribution in [2.75, 3.05) is 13.4 Å². The minimum Gasteiger partial charge on any atom is -0.503 e. The third kappa shape index (κ3) is 5.01. The Morgan fingerprint density at radius 2 is 1.93 bits per heavy atom. The Kier molecular flexibility index (Phi) is 6.85. The van der Waals surface area contributed by atoms with Gasteiger partial charge in [-0.05, 0) is 49.3 Å². The number of aryl methyl sites for hydroxylation is 2. The number of aromatic nitrogens is 2. The molecule has 0 spiro atoms. The molecule has 0 aliphatic rings. The van der Waals surface area contributed by atoms with Gasteiger partial charge in [0.1, 0.15) is 22.2 Å². The van der Waals surface area contributed by atoms with Gasteiger partial charge in [0.2, 0.25) is 5.88 Å². The number of carboxylic acids is 1. The number of aliphatic carboxylic acids is 1. The highest BCUT2D eigenvalue weighted by Crippen LogP contribution is 2.36. The molecule has 1 aromatic heterocycles. The van der Waals surface area contributed by atoms with Crippen LogP contribution in [0.25, 0.3) is 5.57 Å². The monoisotopic (exact) mass is 388 g/mol. The molecule has 0 radical (unpaired) electrons. The zero-order chi connectivity index (χ0) is 20.1. The minimum atomic E-state index is -1.14. The second-order valence-electron chi connectivity index (χ2n) is 6.37. The zero-order valence-corrected chi connectivity index (χ0v) is 17.2. The van der Waals surface area contributed by atoms with E-state index in [-0.39, 0.29) is 11.5 Å². The summed E-state index contributed by atoms with van der Waals surface area (Å²) < 4.78 is 11.0. The van der Waals surface area contributed by atoms with Crippen molar-refractivity contribution in [1.29, 1.82) is 0 Å². The van der Waals surface area contributed by atoms with Crippen molar-refractivity contribution in [1.82, 2.24) is 9.97 Å². The van der Waals surface area contributed by atoms with Gasteiger partial charge in [0.05, 0.1) is 18.9 Å². The van der Waals surface area contributed by atoms with Crippen molar-refractivity contribution in [2.45, 2.75) is 38.6 Å². The van der Waals surface area contributed by atoms with Gasteiger partial charge in [0.15, 0.2) is 0 Å². The molecule has 2 rings (SSSR count). The van der Waals surface area contributed by atoms with E-state index in [1.165, 1.54) is 25.1 Å². The average Bonchev–Trinajstić information content (AvgIpc) is 2.59. The van der Waals surface area contributed by atoms with E-state index < -0.39 is 5.97 Å². The van der Waals surface area contributed by atoms with Gasteiger partial charge in [0.25, 0.3) is 0 Å². The second kappa shape index (κ2) is 8.90. The van der Waals surface area contributed by atoms with E-state index in [1.54, 1.807) is 6.92 Å². The Morgan fingerprint density at radius 1 is 1.22 bits per heavy atom. The summed E-state index contributed by atoms with van der Waals surface area (Å²) >= 11 is 1.33. The molecule has 0 saturated carbocycles.